The quantitative estimate of drug-likeness (QED) is 0.821. The summed E-state index contributed by atoms with van der Waals surface area (Å²) in [6, 6.07) is 10.7. The third-order valence-electron chi connectivity index (χ3n) is 5.41. The predicted octanol–water partition coefficient (Wildman–Crippen LogP) is 1.39. The molecular weight excluding hydrogens is 333 g/mol. The summed E-state index contributed by atoms with van der Waals surface area (Å²) in [6.45, 7) is 4.29. The van der Waals surface area contributed by atoms with E-state index in [-0.39, 0.29) is 23.7 Å². The molecule has 0 spiro atoms. The monoisotopic (exact) mass is 358 g/mol. The Balaban J connectivity index is 1.38. The number of nitrogens with one attached hydrogen (secondary N) is 2. The number of benzene rings is 1. The Labute approximate surface area is 152 Å². The zero-order valence-electron chi connectivity index (χ0n) is 14.8. The molecular formula is C20H25FN3O2+. The first-order chi connectivity index (χ1) is 12.7. The number of rotatable bonds is 6. The lowest BCUT2D eigenvalue weighted by atomic mass is 10.1. The Bertz CT molecular complexity index is 720. The molecule has 4 rings (SSSR count). The van der Waals surface area contributed by atoms with Gasteiger partial charge < -0.3 is 19.5 Å². The summed E-state index contributed by atoms with van der Waals surface area (Å²) in [5.41, 5.74) is 1.06. The van der Waals surface area contributed by atoms with Crippen LogP contribution in [0.15, 0.2) is 47.1 Å². The fourth-order valence-electron chi connectivity index (χ4n) is 3.68. The van der Waals surface area contributed by atoms with Crippen molar-refractivity contribution in [2.45, 2.75) is 18.9 Å². The van der Waals surface area contributed by atoms with Gasteiger partial charge in [0.1, 0.15) is 5.82 Å². The molecule has 1 aliphatic heterocycles. The number of carbonyl (C=O) groups is 1. The average Bonchev–Trinajstić information content (AvgIpc) is 3.39. The molecule has 1 saturated carbocycles. The van der Waals surface area contributed by atoms with E-state index in [2.05, 4.69) is 10.2 Å². The summed E-state index contributed by atoms with van der Waals surface area (Å²) >= 11 is 0. The van der Waals surface area contributed by atoms with Gasteiger partial charge >= 0.3 is 0 Å². The van der Waals surface area contributed by atoms with Gasteiger partial charge in [-0.2, -0.15) is 0 Å². The van der Waals surface area contributed by atoms with E-state index in [9.17, 15) is 9.18 Å². The number of piperazine rings is 1. The van der Waals surface area contributed by atoms with Crippen molar-refractivity contribution in [1.29, 1.82) is 0 Å². The van der Waals surface area contributed by atoms with Crippen molar-refractivity contribution >= 4 is 11.6 Å². The van der Waals surface area contributed by atoms with E-state index >= 15 is 0 Å². The second-order valence-electron chi connectivity index (χ2n) is 7.21. The average molecular weight is 358 g/mol. The number of hydrogen-bond acceptors (Lipinski definition) is 3. The molecule has 1 amide bonds. The zero-order valence-corrected chi connectivity index (χ0v) is 14.8. The van der Waals surface area contributed by atoms with Gasteiger partial charge in [0.05, 0.1) is 39.0 Å². The van der Waals surface area contributed by atoms with Gasteiger partial charge in [0, 0.05) is 11.6 Å². The van der Waals surface area contributed by atoms with Crippen LogP contribution < -0.4 is 15.1 Å². The fourth-order valence-corrected chi connectivity index (χ4v) is 3.68. The first-order valence-corrected chi connectivity index (χ1v) is 9.37. The van der Waals surface area contributed by atoms with Crippen LogP contribution in [0.5, 0.6) is 0 Å². The summed E-state index contributed by atoms with van der Waals surface area (Å²) in [5, 5.41) is 3.10. The Morgan fingerprint density at radius 2 is 1.96 bits per heavy atom. The van der Waals surface area contributed by atoms with Crippen molar-refractivity contribution in [1.82, 2.24) is 5.32 Å². The van der Waals surface area contributed by atoms with Gasteiger partial charge in [0.25, 0.3) is 0 Å². The van der Waals surface area contributed by atoms with Crippen molar-refractivity contribution in [2.75, 3.05) is 37.6 Å². The number of hydrogen-bond donors (Lipinski definition) is 2. The Morgan fingerprint density at radius 1 is 1.23 bits per heavy atom. The van der Waals surface area contributed by atoms with Crippen LogP contribution in [0, 0.1) is 11.7 Å². The van der Waals surface area contributed by atoms with Gasteiger partial charge in [-0.1, -0.05) is 0 Å². The van der Waals surface area contributed by atoms with Gasteiger partial charge in [-0.3, -0.25) is 4.79 Å². The van der Waals surface area contributed by atoms with Crippen molar-refractivity contribution in [3.63, 3.8) is 0 Å². The van der Waals surface area contributed by atoms with Crippen LogP contribution in [0.4, 0.5) is 10.1 Å². The van der Waals surface area contributed by atoms with E-state index < -0.39 is 0 Å². The standard InChI is InChI=1S/C20H24FN3O2/c21-16-5-7-17(8-6-16)23-9-11-24(12-10-23)18(19-2-1-13-26-19)14-22-20(25)15-3-4-15/h1-2,5-8,13,15,18H,3-4,9-12,14H2,(H,22,25)/p+1/t18-/m1/s1. The number of amides is 1. The minimum absolute atomic E-state index is 0.128. The maximum Gasteiger partial charge on any atom is 0.223 e. The van der Waals surface area contributed by atoms with Gasteiger partial charge in [-0.25, -0.2) is 4.39 Å². The number of quaternary nitrogens is 1. The van der Waals surface area contributed by atoms with Gasteiger partial charge in [-0.15, -0.1) is 0 Å². The first-order valence-electron chi connectivity index (χ1n) is 9.37. The smallest absolute Gasteiger partial charge is 0.223 e. The summed E-state index contributed by atoms with van der Waals surface area (Å²) in [5.74, 6) is 1.11. The minimum atomic E-state index is -0.206. The van der Waals surface area contributed by atoms with Gasteiger partial charge in [0.15, 0.2) is 11.8 Å². The van der Waals surface area contributed by atoms with E-state index in [0.717, 1.165) is 50.5 Å². The van der Waals surface area contributed by atoms with Crippen molar-refractivity contribution in [3.8, 4) is 0 Å². The SMILES string of the molecule is O=C(NC[C@H](c1ccco1)[NH+]1CCN(c2ccc(F)cc2)CC1)C1CC1. The lowest BCUT2D eigenvalue weighted by molar-refractivity contribution is -0.932. The molecule has 0 bridgehead atoms. The minimum Gasteiger partial charge on any atom is -0.463 e. The molecule has 1 aliphatic carbocycles. The molecule has 2 aromatic rings. The second kappa shape index (κ2) is 7.50. The molecule has 1 atom stereocenters. The van der Waals surface area contributed by atoms with Crippen LogP contribution in [0.3, 0.4) is 0 Å². The third-order valence-corrected chi connectivity index (χ3v) is 5.41. The van der Waals surface area contributed by atoms with Crippen molar-refractivity contribution < 1.29 is 18.5 Å². The van der Waals surface area contributed by atoms with E-state index in [0.29, 0.717) is 6.54 Å². The highest BCUT2D eigenvalue weighted by atomic mass is 19.1. The number of carbonyl (C=O) groups excluding carboxylic acids is 1. The molecule has 1 saturated heterocycles. The van der Waals surface area contributed by atoms with Crippen molar-refractivity contribution in [2.24, 2.45) is 5.92 Å². The maximum atomic E-state index is 13.1. The molecule has 2 fully saturated rings. The highest BCUT2D eigenvalue weighted by Crippen LogP contribution is 2.28. The van der Waals surface area contributed by atoms with Crippen LogP contribution in [0.2, 0.25) is 0 Å². The van der Waals surface area contributed by atoms with Crippen LogP contribution in [0.25, 0.3) is 0 Å². The molecule has 138 valence electrons. The predicted molar refractivity (Wildman–Crippen MR) is 96.5 cm³/mol. The molecule has 6 heteroatoms. The molecule has 0 unspecified atom stereocenters. The van der Waals surface area contributed by atoms with E-state index in [1.165, 1.54) is 17.0 Å². The van der Waals surface area contributed by atoms with E-state index in [1.54, 1.807) is 6.26 Å². The summed E-state index contributed by atoms with van der Waals surface area (Å²) < 4.78 is 18.8. The Kier molecular flexibility index (Phi) is 4.93. The summed E-state index contributed by atoms with van der Waals surface area (Å²) in [7, 11) is 0. The van der Waals surface area contributed by atoms with Crippen LogP contribution in [-0.4, -0.2) is 38.6 Å². The topological polar surface area (TPSA) is 49.9 Å². The molecule has 26 heavy (non-hydrogen) atoms. The molecule has 2 aliphatic rings. The van der Waals surface area contributed by atoms with Crippen LogP contribution in [0.1, 0.15) is 24.6 Å². The molecule has 5 nitrogen and oxygen atoms in total. The Morgan fingerprint density at radius 3 is 2.58 bits per heavy atom. The number of anilines is 1. The van der Waals surface area contributed by atoms with E-state index in [4.69, 9.17) is 4.42 Å². The largest absolute Gasteiger partial charge is 0.463 e. The van der Waals surface area contributed by atoms with E-state index in [1.807, 2.05) is 24.3 Å². The molecule has 1 aromatic carbocycles. The molecule has 2 heterocycles. The zero-order chi connectivity index (χ0) is 17.9. The van der Waals surface area contributed by atoms with Gasteiger partial charge in [0.2, 0.25) is 5.91 Å². The lowest BCUT2D eigenvalue weighted by Crippen LogP contribution is -3.15. The lowest BCUT2D eigenvalue weighted by Gasteiger charge is -2.37. The highest BCUT2D eigenvalue weighted by molar-refractivity contribution is 5.80. The van der Waals surface area contributed by atoms with Crippen LogP contribution in [-0.2, 0) is 4.79 Å². The molecule has 1 aromatic heterocycles. The van der Waals surface area contributed by atoms with Gasteiger partial charge in [-0.05, 0) is 49.2 Å². The summed E-state index contributed by atoms with van der Waals surface area (Å²) in [4.78, 5) is 15.7. The number of halogens is 1. The fraction of sp³-hybridized carbons (Fsp3) is 0.450. The number of furan rings is 1. The third kappa shape index (κ3) is 3.90. The molecule has 2 N–H and O–H groups in total. The maximum absolute atomic E-state index is 13.1. The second-order valence-corrected chi connectivity index (χ2v) is 7.21. The highest BCUT2D eigenvalue weighted by Gasteiger charge is 2.34. The number of nitrogens with zero attached hydrogens (tertiary/aromatic N) is 1. The molecule has 0 radical (unpaired) electrons. The normalized spacial score (nSPS) is 19.3. The summed E-state index contributed by atoms with van der Waals surface area (Å²) in [6.07, 6.45) is 3.72. The Hall–Kier alpha value is -2.34. The van der Waals surface area contributed by atoms with Crippen molar-refractivity contribution in [3.05, 3.63) is 54.2 Å². The first kappa shape index (κ1) is 17.1. The van der Waals surface area contributed by atoms with Crippen LogP contribution >= 0.6 is 0 Å².